The Balaban J connectivity index is 1.49. The van der Waals surface area contributed by atoms with Crippen LogP contribution in [-0.2, 0) is 10.0 Å². The number of rotatable bonds is 5. The molecule has 2 heterocycles. The number of nitrogens with zero attached hydrogens (tertiary/aromatic N) is 3. The maximum Gasteiger partial charge on any atom is 0.261 e. The van der Waals surface area contributed by atoms with E-state index < -0.39 is 10.0 Å². The molecule has 1 aliphatic rings. The van der Waals surface area contributed by atoms with Crippen molar-refractivity contribution in [3.8, 4) is 0 Å². The molecule has 0 unspecified atom stereocenters. The van der Waals surface area contributed by atoms with E-state index in [0.717, 1.165) is 23.8 Å². The number of para-hydroxylation sites is 1. The molecule has 0 atom stereocenters. The minimum Gasteiger partial charge on any atom is -0.346 e. The number of aromatic nitrogens is 1. The van der Waals surface area contributed by atoms with Crippen molar-refractivity contribution in [2.24, 2.45) is 0 Å². The largest absolute Gasteiger partial charge is 0.346 e. The predicted molar refractivity (Wildman–Crippen MR) is 128 cm³/mol. The zero-order valence-corrected chi connectivity index (χ0v) is 19.9. The molecule has 1 amide bonds. The molecule has 1 saturated heterocycles. The average Bonchev–Trinajstić information content (AvgIpc) is 3.06. The zero-order valence-electron chi connectivity index (χ0n) is 17.5. The maximum atomic E-state index is 13.1. The first-order valence-corrected chi connectivity index (χ1v) is 12.9. The van der Waals surface area contributed by atoms with Crippen molar-refractivity contribution in [1.29, 1.82) is 0 Å². The minimum absolute atomic E-state index is 0.0120. The van der Waals surface area contributed by atoms with Crippen LogP contribution in [-0.4, -0.2) is 50.4 Å². The molecule has 1 N–H and O–H groups in total. The highest BCUT2D eigenvalue weighted by Crippen LogP contribution is 2.25. The first-order valence-electron chi connectivity index (χ1n) is 10.2. The number of carbonyl (C=O) groups excluding carboxylic acids is 1. The second kappa shape index (κ2) is 9.48. The van der Waals surface area contributed by atoms with Crippen molar-refractivity contribution < 1.29 is 13.2 Å². The number of anilines is 2. The van der Waals surface area contributed by atoms with E-state index in [2.05, 4.69) is 14.6 Å². The summed E-state index contributed by atoms with van der Waals surface area (Å²) < 4.78 is 28.2. The van der Waals surface area contributed by atoms with Crippen molar-refractivity contribution in [3.63, 3.8) is 0 Å². The summed E-state index contributed by atoms with van der Waals surface area (Å²) in [7, 11) is -3.89. The van der Waals surface area contributed by atoms with Gasteiger partial charge in [-0.15, -0.1) is 11.3 Å². The van der Waals surface area contributed by atoms with Crippen molar-refractivity contribution >= 4 is 49.7 Å². The molecule has 168 valence electrons. The number of aryl methyl sites for hydroxylation is 1. The van der Waals surface area contributed by atoms with Crippen LogP contribution in [0.15, 0.2) is 58.8 Å². The highest BCUT2D eigenvalue weighted by Gasteiger charge is 2.23. The number of benzene rings is 2. The van der Waals surface area contributed by atoms with Crippen molar-refractivity contribution in [2.75, 3.05) is 35.8 Å². The SMILES string of the molecule is Cc1csc(N2CCCN(C(=O)c3cccc(S(=O)(=O)Nc4ccccc4Cl)c3)CC2)n1. The lowest BCUT2D eigenvalue weighted by atomic mass is 10.2. The van der Waals surface area contributed by atoms with Crippen LogP contribution in [0.5, 0.6) is 0 Å². The summed E-state index contributed by atoms with van der Waals surface area (Å²) >= 11 is 7.68. The molecule has 0 bridgehead atoms. The fraction of sp³-hybridized carbons (Fsp3) is 0.273. The summed E-state index contributed by atoms with van der Waals surface area (Å²) in [6.07, 6.45) is 0.816. The smallest absolute Gasteiger partial charge is 0.261 e. The molecule has 0 spiro atoms. The summed E-state index contributed by atoms with van der Waals surface area (Å²) in [5, 5.41) is 3.29. The van der Waals surface area contributed by atoms with Crippen LogP contribution in [0, 0.1) is 6.92 Å². The van der Waals surface area contributed by atoms with Crippen LogP contribution in [0.3, 0.4) is 0 Å². The van der Waals surface area contributed by atoms with E-state index in [4.69, 9.17) is 11.6 Å². The van der Waals surface area contributed by atoms with E-state index in [9.17, 15) is 13.2 Å². The molecule has 10 heteroatoms. The van der Waals surface area contributed by atoms with E-state index in [1.54, 1.807) is 52.6 Å². The third kappa shape index (κ3) is 5.06. The average molecular weight is 491 g/mol. The highest BCUT2D eigenvalue weighted by molar-refractivity contribution is 7.92. The Morgan fingerprint density at radius 1 is 1.09 bits per heavy atom. The Hall–Kier alpha value is -2.62. The van der Waals surface area contributed by atoms with Gasteiger partial charge < -0.3 is 9.80 Å². The van der Waals surface area contributed by atoms with Crippen LogP contribution in [0.1, 0.15) is 22.5 Å². The van der Waals surface area contributed by atoms with Gasteiger partial charge in [0.25, 0.3) is 15.9 Å². The minimum atomic E-state index is -3.89. The standard InChI is InChI=1S/C22H23ClN4O3S2/c1-16-15-31-22(24-16)27-11-5-10-26(12-13-27)21(28)17-6-4-7-18(14-17)32(29,30)25-20-9-3-2-8-19(20)23/h2-4,6-9,14-15,25H,5,10-13H2,1H3. The Morgan fingerprint density at radius 3 is 2.66 bits per heavy atom. The zero-order chi connectivity index (χ0) is 22.7. The van der Waals surface area contributed by atoms with Gasteiger partial charge in [-0.2, -0.15) is 0 Å². The van der Waals surface area contributed by atoms with Gasteiger partial charge in [0, 0.05) is 37.1 Å². The van der Waals surface area contributed by atoms with Gasteiger partial charge in [-0.05, 0) is 43.7 Å². The summed E-state index contributed by atoms with van der Waals surface area (Å²) in [4.78, 5) is 21.7. The number of hydrogen-bond donors (Lipinski definition) is 1. The third-order valence-electron chi connectivity index (χ3n) is 5.17. The van der Waals surface area contributed by atoms with E-state index >= 15 is 0 Å². The number of nitrogens with one attached hydrogen (secondary N) is 1. The Kier molecular flexibility index (Phi) is 6.68. The number of sulfonamides is 1. The van der Waals surface area contributed by atoms with Crippen molar-refractivity contribution in [2.45, 2.75) is 18.2 Å². The summed E-state index contributed by atoms with van der Waals surface area (Å²) in [6, 6.07) is 12.7. The molecule has 0 aliphatic carbocycles. The Labute approximate surface area is 196 Å². The highest BCUT2D eigenvalue weighted by atomic mass is 35.5. The van der Waals surface area contributed by atoms with Gasteiger partial charge in [-0.25, -0.2) is 13.4 Å². The molecule has 4 rings (SSSR count). The van der Waals surface area contributed by atoms with E-state index in [1.165, 1.54) is 12.1 Å². The van der Waals surface area contributed by atoms with Gasteiger partial charge in [-0.1, -0.05) is 29.8 Å². The normalized spacial score (nSPS) is 14.8. The predicted octanol–water partition coefficient (Wildman–Crippen LogP) is 4.26. The van der Waals surface area contributed by atoms with Crippen LogP contribution in [0.4, 0.5) is 10.8 Å². The number of halogens is 1. The molecule has 0 radical (unpaired) electrons. The van der Waals surface area contributed by atoms with Crippen molar-refractivity contribution in [1.82, 2.24) is 9.88 Å². The van der Waals surface area contributed by atoms with Gasteiger partial charge in [0.15, 0.2) is 5.13 Å². The topological polar surface area (TPSA) is 82.6 Å². The van der Waals surface area contributed by atoms with E-state index in [1.807, 2.05) is 12.3 Å². The lowest BCUT2D eigenvalue weighted by molar-refractivity contribution is 0.0767. The maximum absolute atomic E-state index is 13.1. The molecule has 32 heavy (non-hydrogen) atoms. The molecule has 2 aromatic carbocycles. The quantitative estimate of drug-likeness (QED) is 0.578. The summed E-state index contributed by atoms with van der Waals surface area (Å²) in [5.74, 6) is -0.183. The number of hydrogen-bond acceptors (Lipinski definition) is 6. The number of thiazole rings is 1. The molecule has 0 saturated carbocycles. The lowest BCUT2D eigenvalue weighted by Crippen LogP contribution is -2.35. The molecule has 3 aromatic rings. The first-order chi connectivity index (χ1) is 15.3. The molecule has 7 nitrogen and oxygen atoms in total. The molecule has 1 aromatic heterocycles. The molecular weight excluding hydrogens is 468 g/mol. The summed E-state index contributed by atoms with van der Waals surface area (Å²) in [5.41, 5.74) is 1.62. The van der Waals surface area contributed by atoms with Gasteiger partial charge >= 0.3 is 0 Å². The monoisotopic (exact) mass is 490 g/mol. The summed E-state index contributed by atoms with van der Waals surface area (Å²) in [6.45, 7) is 4.63. The van der Waals surface area contributed by atoms with E-state index in [-0.39, 0.29) is 16.5 Å². The molecular formula is C22H23ClN4O3S2. The van der Waals surface area contributed by atoms with Gasteiger partial charge in [0.1, 0.15) is 0 Å². The Bertz CT molecular complexity index is 1230. The fourth-order valence-corrected chi connectivity index (χ4v) is 5.75. The third-order valence-corrected chi connectivity index (χ3v) is 7.88. The van der Waals surface area contributed by atoms with E-state index in [0.29, 0.717) is 30.2 Å². The number of carbonyl (C=O) groups is 1. The first kappa shape index (κ1) is 22.6. The number of amides is 1. The fourth-order valence-electron chi connectivity index (χ4n) is 3.53. The molecule has 1 fully saturated rings. The van der Waals surface area contributed by atoms with Gasteiger partial charge in [-0.3, -0.25) is 9.52 Å². The molecule has 1 aliphatic heterocycles. The second-order valence-electron chi connectivity index (χ2n) is 7.52. The van der Waals surface area contributed by atoms with Gasteiger partial charge in [0.05, 0.1) is 21.3 Å². The van der Waals surface area contributed by atoms with Crippen LogP contribution < -0.4 is 9.62 Å². The second-order valence-corrected chi connectivity index (χ2v) is 10.4. The van der Waals surface area contributed by atoms with Crippen molar-refractivity contribution in [3.05, 3.63) is 70.2 Å². The van der Waals surface area contributed by atoms with Crippen LogP contribution in [0.25, 0.3) is 0 Å². The lowest BCUT2D eigenvalue weighted by Gasteiger charge is -2.22. The van der Waals surface area contributed by atoms with Crippen LogP contribution >= 0.6 is 22.9 Å². The van der Waals surface area contributed by atoms with Gasteiger partial charge in [0.2, 0.25) is 0 Å². The van der Waals surface area contributed by atoms with Crippen LogP contribution in [0.2, 0.25) is 5.02 Å². The Morgan fingerprint density at radius 2 is 1.91 bits per heavy atom.